The number of nitrogens with zero attached hydrogens (tertiary/aromatic N) is 1. The number of Topliss-reactive ketones (excluding diaryl/α,β-unsaturated/α-hetero) is 1. The van der Waals surface area contributed by atoms with Gasteiger partial charge in [-0.05, 0) is 49.4 Å². The second-order valence-electron chi connectivity index (χ2n) is 8.57. The molecule has 0 radical (unpaired) electrons. The van der Waals surface area contributed by atoms with Crippen LogP contribution in [0.1, 0.15) is 60.4 Å². The van der Waals surface area contributed by atoms with Crippen molar-refractivity contribution in [3.8, 4) is 5.75 Å². The molecule has 5 nitrogen and oxygen atoms in total. The molecular weight excluding hydrogens is 390 g/mol. The van der Waals surface area contributed by atoms with Gasteiger partial charge in [0, 0.05) is 6.04 Å². The highest BCUT2D eigenvalue weighted by molar-refractivity contribution is 6.46. The van der Waals surface area contributed by atoms with E-state index in [1.807, 2.05) is 50.2 Å². The number of carbonyl (C=O) groups excluding carboxylic acids is 2. The largest absolute Gasteiger partial charge is 0.507 e. The van der Waals surface area contributed by atoms with Crippen LogP contribution < -0.4 is 4.74 Å². The van der Waals surface area contributed by atoms with E-state index in [-0.39, 0.29) is 17.4 Å². The van der Waals surface area contributed by atoms with Gasteiger partial charge in [0.15, 0.2) is 0 Å². The molecule has 0 bridgehead atoms. The van der Waals surface area contributed by atoms with Gasteiger partial charge >= 0.3 is 0 Å². The van der Waals surface area contributed by atoms with Crippen LogP contribution in [0, 0.1) is 13.8 Å². The van der Waals surface area contributed by atoms with Gasteiger partial charge < -0.3 is 14.7 Å². The second-order valence-corrected chi connectivity index (χ2v) is 8.57. The number of carbonyl (C=O) groups is 2. The molecule has 31 heavy (non-hydrogen) atoms. The first-order chi connectivity index (χ1) is 14.9. The maximum atomic E-state index is 13.3. The van der Waals surface area contributed by atoms with Gasteiger partial charge in [-0.1, -0.05) is 55.7 Å². The van der Waals surface area contributed by atoms with Crippen LogP contribution in [0.4, 0.5) is 0 Å². The third-order valence-electron chi connectivity index (χ3n) is 6.44. The molecule has 1 aliphatic carbocycles. The Hall–Kier alpha value is -3.08. The molecule has 2 aliphatic rings. The van der Waals surface area contributed by atoms with Gasteiger partial charge in [-0.15, -0.1) is 0 Å². The molecule has 1 unspecified atom stereocenters. The van der Waals surface area contributed by atoms with Gasteiger partial charge in [0.25, 0.3) is 11.7 Å². The zero-order valence-corrected chi connectivity index (χ0v) is 18.4. The second kappa shape index (κ2) is 8.58. The first-order valence-electron chi connectivity index (χ1n) is 10.9. The smallest absolute Gasteiger partial charge is 0.295 e. The molecule has 1 saturated heterocycles. The SMILES string of the molecule is COc1c(C)cc(C)cc1/C(O)=C1\C(=O)C(=O)N(C2CCCCC2)C1c1ccccc1. The van der Waals surface area contributed by atoms with Gasteiger partial charge in [0.1, 0.15) is 11.5 Å². The van der Waals surface area contributed by atoms with E-state index in [9.17, 15) is 14.7 Å². The van der Waals surface area contributed by atoms with Crippen LogP contribution >= 0.6 is 0 Å². The van der Waals surface area contributed by atoms with Crippen LogP contribution in [-0.2, 0) is 9.59 Å². The fraction of sp³-hybridized carbons (Fsp3) is 0.385. The normalized spacial score (nSPS) is 21.5. The van der Waals surface area contributed by atoms with Crippen LogP contribution in [0.25, 0.3) is 5.76 Å². The summed E-state index contributed by atoms with van der Waals surface area (Å²) in [5.41, 5.74) is 3.23. The number of methoxy groups -OCH3 is 1. The van der Waals surface area contributed by atoms with E-state index in [1.54, 1.807) is 18.1 Å². The van der Waals surface area contributed by atoms with Crippen molar-refractivity contribution < 1.29 is 19.4 Å². The number of rotatable bonds is 4. The Labute approximate surface area is 183 Å². The Balaban J connectivity index is 1.93. The fourth-order valence-electron chi connectivity index (χ4n) is 5.09. The van der Waals surface area contributed by atoms with Crippen LogP contribution in [0.15, 0.2) is 48.0 Å². The third kappa shape index (κ3) is 3.73. The molecule has 2 aromatic rings. The highest BCUT2D eigenvalue weighted by atomic mass is 16.5. The summed E-state index contributed by atoms with van der Waals surface area (Å²) in [4.78, 5) is 28.2. The average Bonchev–Trinajstić information content (AvgIpc) is 3.04. The number of hydrogen-bond acceptors (Lipinski definition) is 4. The molecule has 4 rings (SSSR count). The van der Waals surface area contributed by atoms with Gasteiger partial charge in [-0.2, -0.15) is 0 Å². The Bertz CT molecular complexity index is 1030. The van der Waals surface area contributed by atoms with E-state index in [1.165, 1.54) is 0 Å². The monoisotopic (exact) mass is 419 g/mol. The van der Waals surface area contributed by atoms with Crippen molar-refractivity contribution in [1.29, 1.82) is 0 Å². The standard InChI is InChI=1S/C26H29NO4/c1-16-14-17(2)25(31-3)20(15-16)23(28)21-22(18-10-6-4-7-11-18)27(26(30)24(21)29)19-12-8-5-9-13-19/h4,6-7,10-11,14-15,19,22,28H,5,8-9,12-13H2,1-3H3/b23-21+. The number of amides is 1. The molecule has 1 aliphatic heterocycles. The van der Waals surface area contributed by atoms with Crippen molar-refractivity contribution in [2.75, 3.05) is 7.11 Å². The predicted molar refractivity (Wildman–Crippen MR) is 120 cm³/mol. The summed E-state index contributed by atoms with van der Waals surface area (Å²) in [6, 6.07) is 12.7. The first kappa shape index (κ1) is 21.2. The van der Waals surface area contributed by atoms with Crippen molar-refractivity contribution in [3.63, 3.8) is 0 Å². The minimum absolute atomic E-state index is 0.00171. The number of aryl methyl sites for hydroxylation is 2. The number of aliphatic hydroxyl groups is 1. The number of ketones is 1. The fourth-order valence-corrected chi connectivity index (χ4v) is 5.09. The molecule has 1 saturated carbocycles. The number of likely N-dealkylation sites (tertiary alicyclic amines) is 1. The molecule has 1 atom stereocenters. The maximum Gasteiger partial charge on any atom is 0.295 e. The minimum atomic E-state index is -0.627. The zero-order chi connectivity index (χ0) is 22.1. The molecule has 2 fully saturated rings. The lowest BCUT2D eigenvalue weighted by molar-refractivity contribution is -0.141. The van der Waals surface area contributed by atoms with E-state index in [4.69, 9.17) is 4.74 Å². The Kier molecular flexibility index (Phi) is 5.86. The summed E-state index contributed by atoms with van der Waals surface area (Å²) in [7, 11) is 1.55. The molecule has 2 aromatic carbocycles. The summed E-state index contributed by atoms with van der Waals surface area (Å²) in [6.45, 7) is 3.83. The molecule has 5 heteroatoms. The average molecular weight is 420 g/mol. The van der Waals surface area contributed by atoms with Gasteiger partial charge in [-0.3, -0.25) is 9.59 Å². The Morgan fingerprint density at radius 3 is 2.35 bits per heavy atom. The van der Waals surface area contributed by atoms with E-state index in [0.717, 1.165) is 48.8 Å². The molecule has 1 amide bonds. The third-order valence-corrected chi connectivity index (χ3v) is 6.44. The van der Waals surface area contributed by atoms with Crippen molar-refractivity contribution >= 4 is 17.4 Å². The molecule has 0 spiro atoms. The number of benzene rings is 2. The Morgan fingerprint density at radius 2 is 1.71 bits per heavy atom. The van der Waals surface area contributed by atoms with E-state index in [2.05, 4.69) is 0 Å². The summed E-state index contributed by atoms with van der Waals surface area (Å²) in [5, 5.41) is 11.4. The van der Waals surface area contributed by atoms with Crippen molar-refractivity contribution in [1.82, 2.24) is 4.90 Å². The highest BCUT2D eigenvalue weighted by Crippen LogP contribution is 2.44. The van der Waals surface area contributed by atoms with E-state index in [0.29, 0.717) is 11.3 Å². The van der Waals surface area contributed by atoms with Crippen LogP contribution in [0.3, 0.4) is 0 Å². The summed E-state index contributed by atoms with van der Waals surface area (Å²) in [6.07, 6.45) is 4.99. The maximum absolute atomic E-state index is 13.3. The van der Waals surface area contributed by atoms with Crippen LogP contribution in [-0.4, -0.2) is 34.8 Å². The van der Waals surface area contributed by atoms with Crippen LogP contribution in [0.2, 0.25) is 0 Å². The van der Waals surface area contributed by atoms with Gasteiger partial charge in [-0.25, -0.2) is 0 Å². The van der Waals surface area contributed by atoms with Crippen molar-refractivity contribution in [3.05, 3.63) is 70.3 Å². The first-order valence-corrected chi connectivity index (χ1v) is 10.9. The topological polar surface area (TPSA) is 66.8 Å². The summed E-state index contributed by atoms with van der Waals surface area (Å²) in [5.74, 6) is -0.809. The molecule has 1 heterocycles. The molecular formula is C26H29NO4. The van der Waals surface area contributed by atoms with Crippen LogP contribution in [0.5, 0.6) is 5.75 Å². The quantitative estimate of drug-likeness (QED) is 0.427. The summed E-state index contributed by atoms with van der Waals surface area (Å²) >= 11 is 0. The van der Waals surface area contributed by atoms with Gasteiger partial charge in [0.05, 0.1) is 24.3 Å². The van der Waals surface area contributed by atoms with E-state index < -0.39 is 17.7 Å². The molecule has 1 N–H and O–H groups in total. The molecule has 162 valence electrons. The lowest BCUT2D eigenvalue weighted by Crippen LogP contribution is -2.40. The highest BCUT2D eigenvalue weighted by Gasteiger charge is 2.49. The minimum Gasteiger partial charge on any atom is -0.507 e. The summed E-state index contributed by atoms with van der Waals surface area (Å²) < 4.78 is 5.55. The molecule has 0 aromatic heterocycles. The number of aliphatic hydroxyl groups excluding tert-OH is 1. The van der Waals surface area contributed by atoms with Gasteiger partial charge in [0.2, 0.25) is 0 Å². The zero-order valence-electron chi connectivity index (χ0n) is 18.4. The van der Waals surface area contributed by atoms with Crippen molar-refractivity contribution in [2.24, 2.45) is 0 Å². The predicted octanol–water partition coefficient (Wildman–Crippen LogP) is 5.07. The number of hydrogen-bond donors (Lipinski definition) is 1. The number of ether oxygens (including phenoxy) is 1. The van der Waals surface area contributed by atoms with E-state index >= 15 is 0 Å². The Morgan fingerprint density at radius 1 is 1.03 bits per heavy atom. The van der Waals surface area contributed by atoms with Crippen molar-refractivity contribution in [2.45, 2.75) is 58.0 Å². The lowest BCUT2D eigenvalue weighted by atomic mass is 9.90. The lowest BCUT2D eigenvalue weighted by Gasteiger charge is -2.35.